The van der Waals surface area contributed by atoms with Gasteiger partial charge in [0.2, 0.25) is 0 Å². The van der Waals surface area contributed by atoms with Crippen molar-refractivity contribution in [3.8, 4) is 11.5 Å². The van der Waals surface area contributed by atoms with Gasteiger partial charge in [0.05, 0.1) is 6.61 Å². The first kappa shape index (κ1) is 23.0. The molecule has 0 aliphatic rings. The van der Waals surface area contributed by atoms with Gasteiger partial charge in [0.1, 0.15) is 29.0 Å². The lowest BCUT2D eigenvalue weighted by Gasteiger charge is -2.18. The van der Waals surface area contributed by atoms with E-state index in [4.69, 9.17) is 19.9 Å². The molecule has 4 N–H and O–H groups in total. The molecule has 0 spiro atoms. The normalized spacial score (nSPS) is 13.2. The Morgan fingerprint density at radius 2 is 2.00 bits per heavy atom. The quantitative estimate of drug-likeness (QED) is 0.478. The molecule has 1 aromatic carbocycles. The van der Waals surface area contributed by atoms with Crippen LogP contribution in [0.4, 0.5) is 4.79 Å². The van der Waals surface area contributed by atoms with Gasteiger partial charge in [-0.1, -0.05) is 0 Å². The second-order valence-corrected chi connectivity index (χ2v) is 6.92. The Labute approximate surface area is 164 Å². The van der Waals surface area contributed by atoms with Crippen molar-refractivity contribution in [1.82, 2.24) is 5.32 Å². The van der Waals surface area contributed by atoms with Crippen molar-refractivity contribution >= 4 is 17.8 Å². The van der Waals surface area contributed by atoms with Crippen LogP contribution in [-0.2, 0) is 9.47 Å². The number of rotatable bonds is 7. The third kappa shape index (κ3) is 9.04. The Morgan fingerprint density at radius 3 is 2.61 bits per heavy atom. The largest absolute Gasteiger partial charge is 0.508 e. The zero-order valence-corrected chi connectivity index (χ0v) is 16.7. The maximum absolute atomic E-state index is 12.3. The molecule has 28 heavy (non-hydrogen) atoms. The number of amides is 2. The molecule has 0 aliphatic carbocycles. The number of phenols is 1. The summed E-state index contributed by atoms with van der Waals surface area (Å²) in [7, 11) is 1.54. The number of aromatic hydroxyl groups is 1. The molecule has 1 atom stereocenters. The number of benzene rings is 1. The number of nitrogens with two attached hydrogens (primary N) is 1. The minimum absolute atomic E-state index is 0.0936. The van der Waals surface area contributed by atoms with E-state index in [9.17, 15) is 14.7 Å². The van der Waals surface area contributed by atoms with Gasteiger partial charge in [-0.25, -0.2) is 4.79 Å². The van der Waals surface area contributed by atoms with E-state index in [1.54, 1.807) is 34.8 Å². The number of alkyl carbamates (subject to hydrolysis) is 1. The van der Waals surface area contributed by atoms with Crippen molar-refractivity contribution in [1.29, 1.82) is 0 Å². The fourth-order valence-corrected chi connectivity index (χ4v) is 2.00. The van der Waals surface area contributed by atoms with Crippen LogP contribution in [0.5, 0.6) is 11.5 Å². The fraction of sp³-hybridized carbons (Fsp3) is 0.421. The van der Waals surface area contributed by atoms with Crippen molar-refractivity contribution in [2.24, 2.45) is 10.7 Å². The number of aliphatic imine (C=N–C) groups is 1. The zero-order chi connectivity index (χ0) is 21.3. The Kier molecular flexibility index (Phi) is 8.46. The fourth-order valence-electron chi connectivity index (χ4n) is 2.00. The highest BCUT2D eigenvalue weighted by Crippen LogP contribution is 2.23. The molecule has 0 saturated carbocycles. The molecular weight excluding hydrogens is 366 g/mol. The number of ether oxygens (including phenoxy) is 3. The summed E-state index contributed by atoms with van der Waals surface area (Å²) in [5, 5.41) is 12.1. The number of carbonyl (C=O) groups is 2. The van der Waals surface area contributed by atoms with E-state index < -0.39 is 17.6 Å². The van der Waals surface area contributed by atoms with Gasteiger partial charge in [0.15, 0.2) is 0 Å². The van der Waals surface area contributed by atoms with Crippen LogP contribution in [0.1, 0.15) is 38.1 Å². The van der Waals surface area contributed by atoms with Crippen LogP contribution in [0.2, 0.25) is 0 Å². The first-order chi connectivity index (χ1) is 13.0. The van der Waals surface area contributed by atoms with Crippen LogP contribution >= 0.6 is 0 Å². The molecule has 0 aromatic heterocycles. The summed E-state index contributed by atoms with van der Waals surface area (Å²) in [5.74, 6) is -0.677. The van der Waals surface area contributed by atoms with Gasteiger partial charge in [0, 0.05) is 24.9 Å². The predicted molar refractivity (Wildman–Crippen MR) is 105 cm³/mol. The van der Waals surface area contributed by atoms with Crippen molar-refractivity contribution in [3.05, 3.63) is 36.0 Å². The molecule has 9 nitrogen and oxygen atoms in total. The number of hydrogen-bond donors (Lipinski definition) is 3. The van der Waals surface area contributed by atoms with Crippen LogP contribution in [-0.4, -0.2) is 48.4 Å². The van der Waals surface area contributed by atoms with Crippen LogP contribution in [0.15, 0.2) is 35.5 Å². The summed E-state index contributed by atoms with van der Waals surface area (Å²) in [4.78, 5) is 27.5. The van der Waals surface area contributed by atoms with Crippen molar-refractivity contribution in [3.63, 3.8) is 0 Å². The minimum Gasteiger partial charge on any atom is -0.508 e. The monoisotopic (exact) mass is 393 g/mol. The predicted octanol–water partition coefficient (Wildman–Crippen LogP) is 2.34. The second kappa shape index (κ2) is 10.3. The van der Waals surface area contributed by atoms with Gasteiger partial charge in [-0.05, 0) is 45.9 Å². The van der Waals surface area contributed by atoms with Crippen molar-refractivity contribution in [2.45, 2.75) is 39.4 Å². The Morgan fingerprint density at radius 1 is 1.32 bits per heavy atom. The molecule has 1 rings (SSSR count). The molecule has 0 fully saturated rings. The van der Waals surface area contributed by atoms with Gasteiger partial charge < -0.3 is 25.1 Å². The van der Waals surface area contributed by atoms with E-state index in [2.05, 4.69) is 10.3 Å². The maximum atomic E-state index is 12.3. The summed E-state index contributed by atoms with van der Waals surface area (Å²) >= 11 is 0. The number of nitrogens with zero attached hydrogens (tertiary/aromatic N) is 1. The van der Waals surface area contributed by atoms with Gasteiger partial charge in [-0.2, -0.15) is 4.99 Å². The Balaban J connectivity index is 2.78. The van der Waals surface area contributed by atoms with E-state index in [0.29, 0.717) is 12.4 Å². The molecule has 2 amide bonds. The van der Waals surface area contributed by atoms with Crippen LogP contribution in [0, 0.1) is 0 Å². The number of phenolic OH excluding ortho intramolecular Hbond substituents is 1. The number of nitrogens with one attached hydrogen (secondary N) is 1. The molecule has 0 bridgehead atoms. The highest BCUT2D eigenvalue weighted by atomic mass is 16.6. The van der Waals surface area contributed by atoms with E-state index in [1.165, 1.54) is 30.5 Å². The highest BCUT2D eigenvalue weighted by molar-refractivity contribution is 6.06. The maximum Gasteiger partial charge on any atom is 0.411 e. The molecule has 154 valence electrons. The molecular formula is C19H27N3O6. The standard InChI is InChI=1S/C19H27N3O6/c1-12(11-26-5)27-15-9-13(8-14(23)10-15)17(24)22-16(20)6-7-21-18(25)28-19(2,3)4/h6-10,12,23H,11H2,1-5H3,(H,21,25)(H2,20,22,24)/b7-6-. The molecule has 1 unspecified atom stereocenters. The molecule has 0 radical (unpaired) electrons. The Bertz CT molecular complexity index is 753. The topological polar surface area (TPSA) is 132 Å². The molecule has 0 aliphatic heterocycles. The van der Waals surface area contributed by atoms with Crippen LogP contribution in [0.25, 0.3) is 0 Å². The number of amidine groups is 1. The lowest BCUT2D eigenvalue weighted by atomic mass is 10.2. The smallest absolute Gasteiger partial charge is 0.411 e. The average Bonchev–Trinajstić information content (AvgIpc) is 2.52. The number of carbonyl (C=O) groups excluding carboxylic acids is 2. The van der Waals surface area contributed by atoms with E-state index >= 15 is 0 Å². The summed E-state index contributed by atoms with van der Waals surface area (Å²) < 4.78 is 15.6. The summed E-state index contributed by atoms with van der Waals surface area (Å²) in [5.41, 5.74) is 5.12. The molecule has 0 saturated heterocycles. The first-order valence-corrected chi connectivity index (χ1v) is 8.54. The SMILES string of the molecule is COCC(C)Oc1cc(O)cc(C(=O)N=C(N)/C=C\NC(=O)OC(C)(C)C)c1. The molecule has 0 heterocycles. The highest BCUT2D eigenvalue weighted by Gasteiger charge is 2.15. The zero-order valence-electron chi connectivity index (χ0n) is 16.7. The van der Waals surface area contributed by atoms with E-state index in [1.807, 2.05) is 0 Å². The van der Waals surface area contributed by atoms with Crippen LogP contribution < -0.4 is 15.8 Å². The first-order valence-electron chi connectivity index (χ1n) is 8.54. The van der Waals surface area contributed by atoms with Crippen LogP contribution in [0.3, 0.4) is 0 Å². The number of hydrogen-bond acceptors (Lipinski definition) is 6. The number of methoxy groups -OCH3 is 1. The molecule has 9 heteroatoms. The van der Waals surface area contributed by atoms with Gasteiger partial charge in [0.25, 0.3) is 5.91 Å². The lowest BCUT2D eigenvalue weighted by Crippen LogP contribution is -2.30. The molecule has 1 aromatic rings. The summed E-state index contributed by atoms with van der Waals surface area (Å²) in [6.45, 7) is 7.32. The second-order valence-electron chi connectivity index (χ2n) is 6.92. The van der Waals surface area contributed by atoms with Gasteiger partial charge in [-0.15, -0.1) is 0 Å². The van der Waals surface area contributed by atoms with Gasteiger partial charge >= 0.3 is 6.09 Å². The summed E-state index contributed by atoms with van der Waals surface area (Å²) in [6.07, 6.45) is 1.51. The third-order valence-corrected chi connectivity index (χ3v) is 2.96. The third-order valence-electron chi connectivity index (χ3n) is 2.96. The minimum atomic E-state index is -0.681. The van der Waals surface area contributed by atoms with E-state index in [-0.39, 0.29) is 23.3 Å². The van der Waals surface area contributed by atoms with Crippen molar-refractivity contribution < 1.29 is 28.9 Å². The van der Waals surface area contributed by atoms with Crippen molar-refractivity contribution in [2.75, 3.05) is 13.7 Å². The Hall–Kier alpha value is -3.07. The lowest BCUT2D eigenvalue weighted by molar-refractivity contribution is 0.0552. The van der Waals surface area contributed by atoms with Gasteiger partial charge in [-0.3, -0.25) is 10.1 Å². The summed E-state index contributed by atoms with van der Waals surface area (Å²) in [6, 6.07) is 4.06. The average molecular weight is 393 g/mol. The van der Waals surface area contributed by atoms with E-state index in [0.717, 1.165) is 0 Å².